The van der Waals surface area contributed by atoms with Crippen LogP contribution in [0.1, 0.15) is 56.0 Å². The summed E-state index contributed by atoms with van der Waals surface area (Å²) in [5.41, 5.74) is 1.07. The summed E-state index contributed by atoms with van der Waals surface area (Å²) < 4.78 is 6.95. The number of hydrogen-bond donors (Lipinski definition) is 0. The maximum absolute atomic E-state index is 13.2. The molecule has 25 heavy (non-hydrogen) atoms. The first-order valence-corrected chi connectivity index (χ1v) is 10.5. The second kappa shape index (κ2) is 7.50. The van der Waals surface area contributed by atoms with E-state index in [2.05, 4.69) is 0 Å². The molecule has 0 aliphatic heterocycles. The second-order valence-corrected chi connectivity index (χ2v) is 8.99. The standard InChI is InChI=1S/C18H24N2O3S2/c1-5-23-17(22)12(4)25-18-19-15-14(10(2)11(3)24-15)16(21)20(18)13-8-6-7-9-13/h12-13H,5-9H2,1-4H3. The van der Waals surface area contributed by atoms with E-state index in [0.717, 1.165) is 46.3 Å². The van der Waals surface area contributed by atoms with Crippen LogP contribution < -0.4 is 5.56 Å². The van der Waals surface area contributed by atoms with Crippen LogP contribution in [0.5, 0.6) is 0 Å². The molecule has 0 bridgehead atoms. The molecule has 0 N–H and O–H groups in total. The van der Waals surface area contributed by atoms with E-state index < -0.39 is 0 Å². The fourth-order valence-corrected chi connectivity index (χ4v) is 5.37. The molecule has 5 nitrogen and oxygen atoms in total. The lowest BCUT2D eigenvalue weighted by atomic mass is 10.2. The van der Waals surface area contributed by atoms with Gasteiger partial charge in [0, 0.05) is 10.9 Å². The van der Waals surface area contributed by atoms with Gasteiger partial charge in [0.25, 0.3) is 5.56 Å². The largest absolute Gasteiger partial charge is 0.465 e. The van der Waals surface area contributed by atoms with Crippen molar-refractivity contribution in [1.29, 1.82) is 0 Å². The Hall–Kier alpha value is -1.34. The maximum atomic E-state index is 13.2. The summed E-state index contributed by atoms with van der Waals surface area (Å²) in [5.74, 6) is -0.265. The summed E-state index contributed by atoms with van der Waals surface area (Å²) in [6.07, 6.45) is 4.26. The molecule has 2 aromatic rings. The number of esters is 1. The molecule has 1 aliphatic rings. The van der Waals surface area contributed by atoms with Crippen LogP contribution >= 0.6 is 23.1 Å². The highest BCUT2D eigenvalue weighted by Gasteiger charge is 2.27. The number of thioether (sulfide) groups is 1. The average molecular weight is 381 g/mol. The molecular formula is C18H24N2O3S2. The highest BCUT2D eigenvalue weighted by Crippen LogP contribution is 2.35. The highest BCUT2D eigenvalue weighted by atomic mass is 32.2. The Kier molecular flexibility index (Phi) is 5.53. The van der Waals surface area contributed by atoms with Gasteiger partial charge in [-0.25, -0.2) is 4.98 Å². The van der Waals surface area contributed by atoms with Crippen molar-refractivity contribution in [2.45, 2.75) is 69.8 Å². The van der Waals surface area contributed by atoms with Crippen LogP contribution in [0.25, 0.3) is 10.2 Å². The quantitative estimate of drug-likeness (QED) is 0.441. The number of carbonyl (C=O) groups is 1. The molecule has 1 saturated carbocycles. The predicted molar refractivity (Wildman–Crippen MR) is 103 cm³/mol. The number of ether oxygens (including phenoxy) is 1. The SMILES string of the molecule is CCOC(=O)C(C)Sc1nc2sc(C)c(C)c2c(=O)n1C1CCCC1. The van der Waals surface area contributed by atoms with Crippen LogP contribution in [0.2, 0.25) is 0 Å². The molecule has 2 heterocycles. The lowest BCUT2D eigenvalue weighted by Gasteiger charge is -2.19. The summed E-state index contributed by atoms with van der Waals surface area (Å²) in [5, 5.41) is 0.993. The van der Waals surface area contributed by atoms with Gasteiger partial charge in [0.1, 0.15) is 10.1 Å². The molecule has 3 rings (SSSR count). The first-order valence-electron chi connectivity index (χ1n) is 8.79. The molecular weight excluding hydrogens is 356 g/mol. The topological polar surface area (TPSA) is 61.2 Å². The number of carbonyl (C=O) groups excluding carboxylic acids is 1. The van der Waals surface area contributed by atoms with Gasteiger partial charge >= 0.3 is 5.97 Å². The zero-order valence-electron chi connectivity index (χ0n) is 15.1. The van der Waals surface area contributed by atoms with Crippen molar-refractivity contribution in [1.82, 2.24) is 9.55 Å². The molecule has 0 aromatic carbocycles. The average Bonchev–Trinajstić information content (AvgIpc) is 3.17. The van der Waals surface area contributed by atoms with Crippen LogP contribution in [-0.4, -0.2) is 27.4 Å². The van der Waals surface area contributed by atoms with Crippen molar-refractivity contribution in [3.8, 4) is 0 Å². The number of aryl methyl sites for hydroxylation is 2. The van der Waals surface area contributed by atoms with Crippen molar-refractivity contribution in [3.05, 3.63) is 20.8 Å². The van der Waals surface area contributed by atoms with Crippen molar-refractivity contribution >= 4 is 39.3 Å². The van der Waals surface area contributed by atoms with Gasteiger partial charge in [-0.3, -0.25) is 14.2 Å². The minimum Gasteiger partial charge on any atom is -0.465 e. The Morgan fingerprint density at radius 3 is 2.72 bits per heavy atom. The Morgan fingerprint density at radius 1 is 1.40 bits per heavy atom. The van der Waals surface area contributed by atoms with Crippen molar-refractivity contribution in [2.75, 3.05) is 6.61 Å². The molecule has 1 aliphatic carbocycles. The van der Waals surface area contributed by atoms with Gasteiger partial charge in [-0.15, -0.1) is 11.3 Å². The third kappa shape index (κ3) is 3.49. The monoisotopic (exact) mass is 380 g/mol. The van der Waals surface area contributed by atoms with Crippen LogP contribution in [0.15, 0.2) is 9.95 Å². The van der Waals surface area contributed by atoms with E-state index in [1.807, 2.05) is 25.3 Å². The summed E-state index contributed by atoms with van der Waals surface area (Å²) in [7, 11) is 0. The lowest BCUT2D eigenvalue weighted by Crippen LogP contribution is -2.28. The van der Waals surface area contributed by atoms with Gasteiger partial charge < -0.3 is 4.74 Å². The zero-order valence-corrected chi connectivity index (χ0v) is 16.8. The van der Waals surface area contributed by atoms with E-state index in [-0.39, 0.29) is 22.8 Å². The van der Waals surface area contributed by atoms with E-state index in [1.165, 1.54) is 11.8 Å². The lowest BCUT2D eigenvalue weighted by molar-refractivity contribution is -0.142. The van der Waals surface area contributed by atoms with E-state index >= 15 is 0 Å². The second-order valence-electron chi connectivity index (χ2n) is 6.48. The Labute approximate surface area is 155 Å². The van der Waals surface area contributed by atoms with E-state index in [9.17, 15) is 9.59 Å². The maximum Gasteiger partial charge on any atom is 0.319 e. The summed E-state index contributed by atoms with van der Waals surface area (Å²) in [6, 6.07) is 0.181. The molecule has 0 saturated heterocycles. The van der Waals surface area contributed by atoms with Gasteiger partial charge in [0.05, 0.1) is 12.0 Å². The molecule has 7 heteroatoms. The molecule has 0 spiro atoms. The Balaban J connectivity index is 2.10. The Bertz CT molecular complexity index is 850. The predicted octanol–water partition coefficient (Wildman–Crippen LogP) is 4.23. The summed E-state index contributed by atoms with van der Waals surface area (Å²) in [4.78, 5) is 32.0. The number of nitrogens with zero attached hydrogens (tertiary/aromatic N) is 2. The normalized spacial score (nSPS) is 16.5. The third-order valence-corrected chi connectivity index (χ3v) is 6.94. The fourth-order valence-electron chi connectivity index (χ4n) is 3.32. The van der Waals surface area contributed by atoms with Crippen LogP contribution in [0.4, 0.5) is 0 Å². The minimum absolute atomic E-state index is 0.0392. The van der Waals surface area contributed by atoms with E-state index in [0.29, 0.717) is 11.8 Å². The van der Waals surface area contributed by atoms with E-state index in [4.69, 9.17) is 9.72 Å². The summed E-state index contributed by atoms with van der Waals surface area (Å²) >= 11 is 2.88. The molecule has 1 atom stereocenters. The van der Waals surface area contributed by atoms with Crippen molar-refractivity contribution < 1.29 is 9.53 Å². The van der Waals surface area contributed by atoms with Gasteiger partial charge in [0.2, 0.25) is 0 Å². The highest BCUT2D eigenvalue weighted by molar-refractivity contribution is 8.00. The van der Waals surface area contributed by atoms with Crippen LogP contribution in [0.3, 0.4) is 0 Å². The van der Waals surface area contributed by atoms with E-state index in [1.54, 1.807) is 18.3 Å². The fraction of sp³-hybridized carbons (Fsp3) is 0.611. The van der Waals surface area contributed by atoms with Crippen LogP contribution in [0, 0.1) is 13.8 Å². The Morgan fingerprint density at radius 2 is 2.08 bits per heavy atom. The molecule has 136 valence electrons. The third-order valence-electron chi connectivity index (χ3n) is 4.79. The van der Waals surface area contributed by atoms with Gasteiger partial charge in [-0.1, -0.05) is 24.6 Å². The summed E-state index contributed by atoms with van der Waals surface area (Å²) in [6.45, 7) is 7.97. The van der Waals surface area contributed by atoms with Crippen molar-refractivity contribution in [2.24, 2.45) is 0 Å². The molecule has 1 fully saturated rings. The molecule has 1 unspecified atom stereocenters. The number of rotatable bonds is 5. The smallest absolute Gasteiger partial charge is 0.319 e. The zero-order chi connectivity index (χ0) is 18.1. The number of aromatic nitrogens is 2. The van der Waals surface area contributed by atoms with Crippen LogP contribution in [-0.2, 0) is 9.53 Å². The molecule has 0 amide bonds. The van der Waals surface area contributed by atoms with Gasteiger partial charge in [-0.2, -0.15) is 0 Å². The van der Waals surface area contributed by atoms with Crippen molar-refractivity contribution in [3.63, 3.8) is 0 Å². The number of fused-ring (bicyclic) bond motifs is 1. The number of hydrogen-bond acceptors (Lipinski definition) is 6. The minimum atomic E-state index is -0.390. The van der Waals surface area contributed by atoms with Gasteiger partial charge in [0.15, 0.2) is 5.16 Å². The van der Waals surface area contributed by atoms with Gasteiger partial charge in [-0.05, 0) is 46.1 Å². The molecule has 2 aromatic heterocycles. The first-order chi connectivity index (χ1) is 11.9. The number of thiophene rings is 1. The first kappa shape index (κ1) is 18.5. The molecule has 0 radical (unpaired) electrons.